The van der Waals surface area contributed by atoms with Crippen LogP contribution in [0.15, 0.2) is 48.5 Å². The minimum Gasteiger partial charge on any atom is -0.497 e. The van der Waals surface area contributed by atoms with Crippen molar-refractivity contribution in [3.8, 4) is 5.75 Å². The number of nitrogens with two attached hydrogens (primary N) is 1. The van der Waals surface area contributed by atoms with Crippen molar-refractivity contribution < 1.29 is 9.47 Å². The highest BCUT2D eigenvalue weighted by molar-refractivity contribution is 5.29. The van der Waals surface area contributed by atoms with E-state index in [4.69, 9.17) is 15.2 Å². The average Bonchev–Trinajstić information content (AvgIpc) is 2.49. The van der Waals surface area contributed by atoms with E-state index < -0.39 is 0 Å². The van der Waals surface area contributed by atoms with Crippen LogP contribution < -0.4 is 10.5 Å². The summed E-state index contributed by atoms with van der Waals surface area (Å²) in [5.41, 5.74) is 9.28. The van der Waals surface area contributed by atoms with Crippen LogP contribution in [-0.4, -0.2) is 13.7 Å². The molecular weight excluding hydrogens is 250 g/mol. The Morgan fingerprint density at radius 1 is 1.10 bits per heavy atom. The fourth-order valence-electron chi connectivity index (χ4n) is 2.19. The minimum atomic E-state index is -0.0811. The van der Waals surface area contributed by atoms with E-state index >= 15 is 0 Å². The maximum Gasteiger partial charge on any atom is 0.119 e. The maximum atomic E-state index is 5.96. The van der Waals surface area contributed by atoms with E-state index in [9.17, 15) is 0 Å². The molecule has 0 aliphatic carbocycles. The number of aryl methyl sites for hydroxylation is 1. The Bertz CT molecular complexity index is 554. The molecule has 20 heavy (non-hydrogen) atoms. The van der Waals surface area contributed by atoms with Crippen LogP contribution in [0.5, 0.6) is 5.75 Å². The third-order valence-corrected chi connectivity index (χ3v) is 3.33. The third-order valence-electron chi connectivity index (χ3n) is 3.33. The van der Waals surface area contributed by atoms with Crippen LogP contribution >= 0.6 is 0 Å². The van der Waals surface area contributed by atoms with Crippen LogP contribution in [0.4, 0.5) is 0 Å². The van der Waals surface area contributed by atoms with Gasteiger partial charge in [-0.15, -0.1) is 0 Å². The molecular formula is C17H21NO2. The summed E-state index contributed by atoms with van der Waals surface area (Å²) in [5.74, 6) is 0.839. The first kappa shape index (κ1) is 14.6. The van der Waals surface area contributed by atoms with E-state index in [0.717, 1.165) is 16.9 Å². The van der Waals surface area contributed by atoms with E-state index in [1.807, 2.05) is 36.4 Å². The van der Waals surface area contributed by atoms with Gasteiger partial charge in [0.15, 0.2) is 0 Å². The molecule has 0 aliphatic rings. The molecule has 3 heteroatoms. The highest BCUT2D eigenvalue weighted by Gasteiger charge is 2.12. The number of hydrogen-bond acceptors (Lipinski definition) is 3. The van der Waals surface area contributed by atoms with Crippen LogP contribution in [0.25, 0.3) is 0 Å². The predicted molar refractivity (Wildman–Crippen MR) is 80.8 cm³/mol. The second kappa shape index (κ2) is 7.08. The van der Waals surface area contributed by atoms with Gasteiger partial charge in [0.2, 0.25) is 0 Å². The zero-order valence-corrected chi connectivity index (χ0v) is 12.0. The van der Waals surface area contributed by atoms with Crippen LogP contribution in [0.2, 0.25) is 0 Å². The monoisotopic (exact) mass is 271 g/mol. The molecule has 0 saturated carbocycles. The summed E-state index contributed by atoms with van der Waals surface area (Å²) >= 11 is 0. The Labute approximate surface area is 120 Å². The van der Waals surface area contributed by atoms with Gasteiger partial charge < -0.3 is 15.2 Å². The molecule has 0 bridgehead atoms. The van der Waals surface area contributed by atoms with E-state index in [1.54, 1.807) is 7.11 Å². The van der Waals surface area contributed by atoms with Gasteiger partial charge in [0.25, 0.3) is 0 Å². The Hall–Kier alpha value is -1.84. The predicted octanol–water partition coefficient (Wildman–Crippen LogP) is 3.22. The first-order chi connectivity index (χ1) is 9.74. The van der Waals surface area contributed by atoms with Crippen molar-refractivity contribution in [2.24, 2.45) is 5.73 Å². The first-order valence-electron chi connectivity index (χ1n) is 6.74. The molecule has 1 unspecified atom stereocenters. The molecule has 2 N–H and O–H groups in total. The maximum absolute atomic E-state index is 5.96. The highest BCUT2D eigenvalue weighted by atomic mass is 16.5. The quantitative estimate of drug-likeness (QED) is 0.877. The standard InChI is InChI=1S/C17H21NO2/c1-13-6-3-4-9-16(13)17(11-18)20-12-14-7-5-8-15(10-14)19-2/h3-10,17H,11-12,18H2,1-2H3. The van der Waals surface area contributed by atoms with Crippen molar-refractivity contribution in [1.82, 2.24) is 0 Å². The normalized spacial score (nSPS) is 12.2. The topological polar surface area (TPSA) is 44.5 Å². The summed E-state index contributed by atoms with van der Waals surface area (Å²) in [4.78, 5) is 0. The first-order valence-corrected chi connectivity index (χ1v) is 6.74. The zero-order chi connectivity index (χ0) is 14.4. The lowest BCUT2D eigenvalue weighted by atomic mass is 10.0. The molecule has 0 aromatic heterocycles. The molecule has 0 spiro atoms. The van der Waals surface area contributed by atoms with Crippen LogP contribution in [-0.2, 0) is 11.3 Å². The van der Waals surface area contributed by atoms with Gasteiger partial charge in [-0.1, -0.05) is 36.4 Å². The third kappa shape index (κ3) is 3.59. The number of methoxy groups -OCH3 is 1. The minimum absolute atomic E-state index is 0.0811. The van der Waals surface area contributed by atoms with Crippen molar-refractivity contribution >= 4 is 0 Å². The fourth-order valence-corrected chi connectivity index (χ4v) is 2.19. The Kier molecular flexibility index (Phi) is 5.16. The molecule has 2 aromatic carbocycles. The summed E-state index contributed by atoms with van der Waals surface area (Å²) < 4.78 is 11.2. The second-order valence-corrected chi connectivity index (χ2v) is 4.74. The molecule has 1 atom stereocenters. The van der Waals surface area contributed by atoms with Crippen molar-refractivity contribution in [2.75, 3.05) is 13.7 Å². The molecule has 0 amide bonds. The SMILES string of the molecule is COc1cccc(COC(CN)c2ccccc2C)c1. The largest absolute Gasteiger partial charge is 0.497 e. The van der Waals surface area contributed by atoms with Crippen molar-refractivity contribution in [3.05, 3.63) is 65.2 Å². The molecule has 0 aliphatic heterocycles. The van der Waals surface area contributed by atoms with Crippen LogP contribution in [0.3, 0.4) is 0 Å². The van der Waals surface area contributed by atoms with E-state index in [0.29, 0.717) is 13.2 Å². The summed E-state index contributed by atoms with van der Waals surface area (Å²) in [5, 5.41) is 0. The van der Waals surface area contributed by atoms with Crippen molar-refractivity contribution in [3.63, 3.8) is 0 Å². The van der Waals surface area contributed by atoms with E-state index in [-0.39, 0.29) is 6.10 Å². The van der Waals surface area contributed by atoms with E-state index in [2.05, 4.69) is 19.1 Å². The molecule has 0 heterocycles. The van der Waals surface area contributed by atoms with Gasteiger partial charge in [-0.05, 0) is 35.7 Å². The van der Waals surface area contributed by atoms with Crippen LogP contribution in [0.1, 0.15) is 22.8 Å². The van der Waals surface area contributed by atoms with E-state index in [1.165, 1.54) is 5.56 Å². The highest BCUT2D eigenvalue weighted by Crippen LogP contribution is 2.22. The molecule has 106 valence electrons. The van der Waals surface area contributed by atoms with Gasteiger partial charge in [-0.3, -0.25) is 0 Å². The smallest absolute Gasteiger partial charge is 0.119 e. The molecule has 0 radical (unpaired) electrons. The lowest BCUT2D eigenvalue weighted by Crippen LogP contribution is -2.16. The Morgan fingerprint density at radius 3 is 2.60 bits per heavy atom. The fraction of sp³-hybridized carbons (Fsp3) is 0.294. The lowest BCUT2D eigenvalue weighted by Gasteiger charge is -2.18. The molecule has 2 aromatic rings. The van der Waals surface area contributed by atoms with Crippen molar-refractivity contribution in [1.29, 1.82) is 0 Å². The Balaban J connectivity index is 2.06. The van der Waals surface area contributed by atoms with Crippen LogP contribution in [0, 0.1) is 6.92 Å². The summed E-state index contributed by atoms with van der Waals surface area (Å²) in [6.07, 6.45) is -0.0811. The molecule has 2 rings (SSSR count). The second-order valence-electron chi connectivity index (χ2n) is 4.74. The number of rotatable bonds is 6. The van der Waals surface area contributed by atoms with Gasteiger partial charge in [-0.2, -0.15) is 0 Å². The van der Waals surface area contributed by atoms with Gasteiger partial charge >= 0.3 is 0 Å². The van der Waals surface area contributed by atoms with Crippen molar-refractivity contribution in [2.45, 2.75) is 19.6 Å². The number of benzene rings is 2. The molecule has 3 nitrogen and oxygen atoms in total. The molecule has 0 fully saturated rings. The van der Waals surface area contributed by atoms with Gasteiger partial charge in [-0.25, -0.2) is 0 Å². The zero-order valence-electron chi connectivity index (χ0n) is 12.0. The van der Waals surface area contributed by atoms with Gasteiger partial charge in [0.1, 0.15) is 5.75 Å². The summed E-state index contributed by atoms with van der Waals surface area (Å²) in [6.45, 7) is 3.06. The number of hydrogen-bond donors (Lipinski definition) is 1. The Morgan fingerprint density at radius 2 is 1.90 bits per heavy atom. The molecule has 0 saturated heterocycles. The number of ether oxygens (including phenoxy) is 2. The van der Waals surface area contributed by atoms with Gasteiger partial charge in [0.05, 0.1) is 19.8 Å². The van der Waals surface area contributed by atoms with Gasteiger partial charge in [0, 0.05) is 6.54 Å². The summed E-state index contributed by atoms with van der Waals surface area (Å²) in [6, 6.07) is 16.1. The summed E-state index contributed by atoms with van der Waals surface area (Å²) in [7, 11) is 1.66. The lowest BCUT2D eigenvalue weighted by molar-refractivity contribution is 0.0451. The average molecular weight is 271 g/mol.